The molecule has 98 valence electrons. The van der Waals surface area contributed by atoms with E-state index in [-0.39, 0.29) is 5.95 Å². The number of nitriles is 1. The highest BCUT2D eigenvalue weighted by atomic mass is 35.5. The van der Waals surface area contributed by atoms with Gasteiger partial charge >= 0.3 is 0 Å². The topological polar surface area (TPSA) is 116 Å². The summed E-state index contributed by atoms with van der Waals surface area (Å²) < 4.78 is 0. The summed E-state index contributed by atoms with van der Waals surface area (Å²) >= 11 is 5.94. The Labute approximate surface area is 118 Å². The lowest BCUT2D eigenvalue weighted by atomic mass is 10.2. The van der Waals surface area contributed by atoms with Crippen molar-refractivity contribution in [3.8, 4) is 6.07 Å². The van der Waals surface area contributed by atoms with Gasteiger partial charge in [0.25, 0.3) is 0 Å². The SMILES string of the molecule is N#Cc1ccc(Cl)cc1Nc1nc(N)nc2[nH]ncc12. The van der Waals surface area contributed by atoms with E-state index in [1.165, 1.54) is 0 Å². The zero-order chi connectivity index (χ0) is 14.1. The first-order chi connectivity index (χ1) is 9.67. The van der Waals surface area contributed by atoms with Gasteiger partial charge in [-0.15, -0.1) is 0 Å². The number of hydrogen-bond donors (Lipinski definition) is 3. The second-order valence-electron chi connectivity index (χ2n) is 3.99. The number of H-pyrrole nitrogens is 1. The lowest BCUT2D eigenvalue weighted by molar-refractivity contribution is 1.09. The molecule has 0 unspecified atom stereocenters. The van der Waals surface area contributed by atoms with Crippen LogP contribution in [0, 0.1) is 11.3 Å². The molecule has 0 aliphatic rings. The molecule has 2 heterocycles. The zero-order valence-electron chi connectivity index (χ0n) is 10.1. The summed E-state index contributed by atoms with van der Waals surface area (Å²) in [4.78, 5) is 8.13. The fourth-order valence-electron chi connectivity index (χ4n) is 1.79. The fraction of sp³-hybridized carbons (Fsp3) is 0. The Morgan fingerprint density at radius 3 is 3.00 bits per heavy atom. The molecule has 0 saturated heterocycles. The Morgan fingerprint density at radius 1 is 1.35 bits per heavy atom. The summed E-state index contributed by atoms with van der Waals surface area (Å²) in [7, 11) is 0. The van der Waals surface area contributed by atoms with Crippen LogP contribution in [0.15, 0.2) is 24.4 Å². The van der Waals surface area contributed by atoms with Gasteiger partial charge in [-0.05, 0) is 18.2 Å². The van der Waals surface area contributed by atoms with Crippen LogP contribution >= 0.6 is 11.6 Å². The largest absolute Gasteiger partial charge is 0.368 e. The van der Waals surface area contributed by atoms with Gasteiger partial charge in [0.2, 0.25) is 5.95 Å². The quantitative estimate of drug-likeness (QED) is 0.664. The Kier molecular flexibility index (Phi) is 2.85. The van der Waals surface area contributed by atoms with Crippen molar-refractivity contribution in [3.05, 3.63) is 35.0 Å². The van der Waals surface area contributed by atoms with E-state index >= 15 is 0 Å². The summed E-state index contributed by atoms with van der Waals surface area (Å²) in [5.41, 5.74) is 7.14. The van der Waals surface area contributed by atoms with Crippen LogP contribution in [0.2, 0.25) is 5.02 Å². The minimum atomic E-state index is 0.102. The van der Waals surface area contributed by atoms with Crippen LogP contribution in [0.3, 0.4) is 0 Å². The minimum Gasteiger partial charge on any atom is -0.368 e. The van der Waals surface area contributed by atoms with Crippen LogP contribution in [0.1, 0.15) is 5.56 Å². The van der Waals surface area contributed by atoms with Crippen molar-refractivity contribution in [1.82, 2.24) is 20.2 Å². The molecule has 0 fully saturated rings. The summed E-state index contributed by atoms with van der Waals surface area (Å²) in [6.45, 7) is 0. The second kappa shape index (κ2) is 4.68. The van der Waals surface area contributed by atoms with Gasteiger partial charge in [0.05, 0.1) is 22.8 Å². The average molecular weight is 286 g/mol. The maximum absolute atomic E-state index is 9.11. The number of fused-ring (bicyclic) bond motifs is 1. The Hall–Kier alpha value is -2.85. The van der Waals surface area contributed by atoms with E-state index in [4.69, 9.17) is 22.6 Å². The number of nitrogens with zero attached hydrogens (tertiary/aromatic N) is 4. The van der Waals surface area contributed by atoms with Crippen molar-refractivity contribution in [1.29, 1.82) is 5.26 Å². The smallest absolute Gasteiger partial charge is 0.224 e. The van der Waals surface area contributed by atoms with Crippen molar-refractivity contribution in [2.24, 2.45) is 0 Å². The summed E-state index contributed by atoms with van der Waals surface area (Å²) in [5, 5.41) is 19.9. The summed E-state index contributed by atoms with van der Waals surface area (Å²) in [6.07, 6.45) is 1.58. The molecule has 8 heteroatoms. The number of hydrogen-bond acceptors (Lipinski definition) is 6. The molecule has 3 rings (SSSR count). The number of halogens is 1. The molecule has 2 aromatic heterocycles. The molecule has 0 saturated carbocycles. The number of aromatic nitrogens is 4. The van der Waals surface area contributed by atoms with Crippen LogP contribution in [-0.4, -0.2) is 20.2 Å². The van der Waals surface area contributed by atoms with Crippen molar-refractivity contribution in [3.63, 3.8) is 0 Å². The number of anilines is 3. The van der Waals surface area contributed by atoms with Crippen molar-refractivity contribution < 1.29 is 0 Å². The number of rotatable bonds is 2. The summed E-state index contributed by atoms with van der Waals surface area (Å²) in [6, 6.07) is 7.00. The minimum absolute atomic E-state index is 0.102. The number of benzene rings is 1. The molecule has 0 spiro atoms. The molecule has 0 aliphatic heterocycles. The van der Waals surface area contributed by atoms with Gasteiger partial charge in [-0.25, -0.2) is 0 Å². The standard InChI is InChI=1S/C12H8ClN7/c13-7-2-1-6(4-14)9(3-7)17-10-8-5-16-20-11(8)19-12(15)18-10/h1-3,5H,(H4,15,16,17,18,19,20). The molecule has 0 aliphatic carbocycles. The first kappa shape index (κ1) is 12.2. The molecule has 3 aromatic rings. The van der Waals surface area contributed by atoms with E-state index in [0.717, 1.165) is 0 Å². The lowest BCUT2D eigenvalue weighted by Gasteiger charge is -2.09. The normalized spacial score (nSPS) is 10.4. The molecular weight excluding hydrogens is 278 g/mol. The van der Waals surface area contributed by atoms with Crippen molar-refractivity contribution in [2.75, 3.05) is 11.1 Å². The molecule has 20 heavy (non-hydrogen) atoms. The van der Waals surface area contributed by atoms with Crippen LogP contribution in [0.4, 0.5) is 17.5 Å². The Bertz CT molecular complexity index is 833. The number of nitrogens with one attached hydrogen (secondary N) is 2. The maximum atomic E-state index is 9.11. The third-order valence-corrected chi connectivity index (χ3v) is 2.92. The third kappa shape index (κ3) is 2.08. The number of nitrogen functional groups attached to an aromatic ring is 1. The van der Waals surface area contributed by atoms with Crippen LogP contribution < -0.4 is 11.1 Å². The highest BCUT2D eigenvalue weighted by Gasteiger charge is 2.10. The molecule has 0 amide bonds. The molecular formula is C12H8ClN7. The predicted molar refractivity (Wildman–Crippen MR) is 75.5 cm³/mol. The first-order valence-corrected chi connectivity index (χ1v) is 5.98. The van der Waals surface area contributed by atoms with Gasteiger partial charge in [-0.2, -0.15) is 20.3 Å². The second-order valence-corrected chi connectivity index (χ2v) is 4.43. The maximum Gasteiger partial charge on any atom is 0.224 e. The van der Waals surface area contributed by atoms with E-state index in [0.29, 0.717) is 33.1 Å². The van der Waals surface area contributed by atoms with Crippen LogP contribution in [0.5, 0.6) is 0 Å². The van der Waals surface area contributed by atoms with E-state index in [2.05, 4.69) is 31.6 Å². The summed E-state index contributed by atoms with van der Waals surface area (Å²) in [5.74, 6) is 0.560. The average Bonchev–Trinajstić information content (AvgIpc) is 2.87. The molecule has 1 aromatic carbocycles. The van der Waals surface area contributed by atoms with Gasteiger partial charge in [-0.3, -0.25) is 5.10 Å². The van der Waals surface area contributed by atoms with E-state index in [9.17, 15) is 0 Å². The fourth-order valence-corrected chi connectivity index (χ4v) is 1.96. The van der Waals surface area contributed by atoms with Crippen molar-refractivity contribution >= 4 is 40.1 Å². The van der Waals surface area contributed by atoms with E-state index < -0.39 is 0 Å². The lowest BCUT2D eigenvalue weighted by Crippen LogP contribution is -2.01. The highest BCUT2D eigenvalue weighted by Crippen LogP contribution is 2.27. The first-order valence-electron chi connectivity index (χ1n) is 5.60. The van der Waals surface area contributed by atoms with Crippen molar-refractivity contribution in [2.45, 2.75) is 0 Å². The van der Waals surface area contributed by atoms with Gasteiger partial charge in [0, 0.05) is 5.02 Å². The number of nitrogens with two attached hydrogens (primary N) is 1. The molecule has 4 N–H and O–H groups in total. The van der Waals surface area contributed by atoms with E-state index in [1.807, 2.05) is 0 Å². The predicted octanol–water partition coefficient (Wildman–Crippen LogP) is 2.20. The Morgan fingerprint density at radius 2 is 2.20 bits per heavy atom. The van der Waals surface area contributed by atoms with Gasteiger partial charge in [-0.1, -0.05) is 11.6 Å². The van der Waals surface area contributed by atoms with E-state index in [1.54, 1.807) is 24.4 Å². The number of aromatic amines is 1. The zero-order valence-corrected chi connectivity index (χ0v) is 10.8. The molecule has 0 bridgehead atoms. The highest BCUT2D eigenvalue weighted by molar-refractivity contribution is 6.30. The van der Waals surface area contributed by atoms with Gasteiger partial charge in [0.1, 0.15) is 11.9 Å². The van der Waals surface area contributed by atoms with Gasteiger partial charge in [0.15, 0.2) is 5.65 Å². The van der Waals surface area contributed by atoms with Gasteiger partial charge < -0.3 is 11.1 Å². The molecule has 0 radical (unpaired) electrons. The van der Waals surface area contributed by atoms with Crippen LogP contribution in [-0.2, 0) is 0 Å². The molecule has 0 atom stereocenters. The van der Waals surface area contributed by atoms with Crippen LogP contribution in [0.25, 0.3) is 11.0 Å². The monoisotopic (exact) mass is 285 g/mol. The molecule has 7 nitrogen and oxygen atoms in total. The third-order valence-electron chi connectivity index (χ3n) is 2.68. The Balaban J connectivity index is 2.12.